The lowest BCUT2D eigenvalue weighted by atomic mass is 9.79. The molecule has 4 aliphatic rings. The highest BCUT2D eigenvalue weighted by atomic mass is 19.4. The summed E-state index contributed by atoms with van der Waals surface area (Å²) in [5, 5.41) is 10.5. The van der Waals surface area contributed by atoms with Gasteiger partial charge in [0.1, 0.15) is 5.60 Å². The molecule has 13 heteroatoms. The van der Waals surface area contributed by atoms with Crippen molar-refractivity contribution in [3.05, 3.63) is 58.7 Å². The van der Waals surface area contributed by atoms with Crippen molar-refractivity contribution in [1.82, 2.24) is 10.2 Å². The first-order valence-electron chi connectivity index (χ1n) is 16.0. The van der Waals surface area contributed by atoms with Gasteiger partial charge >= 0.3 is 18.2 Å². The molecule has 262 valence electrons. The Kier molecular flexibility index (Phi) is 10.8. The highest BCUT2D eigenvalue weighted by Gasteiger charge is 2.50. The first kappa shape index (κ1) is 36.7. The zero-order valence-electron chi connectivity index (χ0n) is 28.2. The van der Waals surface area contributed by atoms with E-state index in [4.69, 9.17) is 14.6 Å². The van der Waals surface area contributed by atoms with Crippen LogP contribution in [0.4, 0.5) is 29.3 Å². The number of amides is 1. The molecule has 1 amide bonds. The molecule has 2 aromatic rings. The summed E-state index contributed by atoms with van der Waals surface area (Å²) < 4.78 is 37.2. The molecule has 4 aliphatic heterocycles. The zero-order chi connectivity index (χ0) is 35.5. The van der Waals surface area contributed by atoms with Crippen LogP contribution in [-0.4, -0.2) is 98.8 Å². The monoisotopic (exact) mass is 674 g/mol. The molecule has 0 aromatic heterocycles. The summed E-state index contributed by atoms with van der Waals surface area (Å²) in [4.78, 5) is 49.9. The maximum Gasteiger partial charge on any atom is 0.490 e. The third kappa shape index (κ3) is 8.86. The van der Waals surface area contributed by atoms with Crippen LogP contribution in [0, 0.1) is 24.7 Å². The fraction of sp³-hybridized carbons (Fsp3) is 0.543. The molecule has 2 N–H and O–H groups in total. The Balaban J connectivity index is 0.000000188. The van der Waals surface area contributed by atoms with Crippen LogP contribution in [-0.2, 0) is 9.53 Å². The summed E-state index contributed by atoms with van der Waals surface area (Å²) in [5.74, 6) is -2.76. The Morgan fingerprint density at radius 2 is 1.25 bits per heavy atom. The minimum atomic E-state index is -5.08. The number of aldehydes is 2. The Bertz CT molecular complexity index is 1510. The minimum Gasteiger partial charge on any atom is -0.475 e. The van der Waals surface area contributed by atoms with Gasteiger partial charge in [0.2, 0.25) is 0 Å². The first-order valence-corrected chi connectivity index (χ1v) is 16.0. The summed E-state index contributed by atoms with van der Waals surface area (Å²) in [5.41, 5.74) is 6.22. The maximum absolute atomic E-state index is 12.1. The number of nitrogens with zero attached hydrogens (tertiary/aromatic N) is 3. The van der Waals surface area contributed by atoms with Crippen molar-refractivity contribution in [1.29, 1.82) is 0 Å². The third-order valence-electron chi connectivity index (χ3n) is 9.13. The summed E-state index contributed by atoms with van der Waals surface area (Å²) in [6.45, 7) is 17.5. The Morgan fingerprint density at radius 1 is 0.812 bits per heavy atom. The largest absolute Gasteiger partial charge is 0.490 e. The molecule has 0 saturated carbocycles. The number of alkyl halides is 3. The van der Waals surface area contributed by atoms with E-state index in [-0.39, 0.29) is 11.5 Å². The highest BCUT2D eigenvalue weighted by molar-refractivity contribution is 5.86. The van der Waals surface area contributed by atoms with Gasteiger partial charge in [-0.25, -0.2) is 9.59 Å². The van der Waals surface area contributed by atoms with E-state index in [1.165, 1.54) is 12.0 Å². The lowest BCUT2D eigenvalue weighted by Crippen LogP contribution is -2.60. The number of carboxylic acids is 1. The predicted molar refractivity (Wildman–Crippen MR) is 176 cm³/mol. The molecule has 0 atom stereocenters. The van der Waals surface area contributed by atoms with Gasteiger partial charge < -0.3 is 29.9 Å². The molecule has 4 fully saturated rings. The number of anilines is 2. The average Bonchev–Trinajstić information content (AvgIpc) is 3.62. The number of nitrogens with one attached hydrogen (secondary N) is 1. The molecule has 0 radical (unpaired) electrons. The first-order chi connectivity index (χ1) is 22.4. The quantitative estimate of drug-likeness (QED) is 0.406. The second-order valence-electron chi connectivity index (χ2n) is 14.4. The lowest BCUT2D eigenvalue weighted by molar-refractivity contribution is -0.192. The summed E-state index contributed by atoms with van der Waals surface area (Å²) >= 11 is 0. The molecule has 0 bridgehead atoms. The molecular weight excluding hydrogens is 629 g/mol. The minimum absolute atomic E-state index is 0.140. The normalized spacial score (nSPS) is 19.0. The van der Waals surface area contributed by atoms with Gasteiger partial charge in [-0.1, -0.05) is 12.1 Å². The second kappa shape index (κ2) is 14.2. The number of halogens is 3. The van der Waals surface area contributed by atoms with Crippen molar-refractivity contribution in [2.45, 2.75) is 59.2 Å². The number of carbonyl (C=O) groups is 4. The van der Waals surface area contributed by atoms with Crippen LogP contribution in [0.2, 0.25) is 0 Å². The van der Waals surface area contributed by atoms with E-state index in [2.05, 4.69) is 34.2 Å². The van der Waals surface area contributed by atoms with Gasteiger partial charge in [0, 0.05) is 85.7 Å². The Morgan fingerprint density at radius 3 is 1.60 bits per heavy atom. The van der Waals surface area contributed by atoms with Crippen LogP contribution < -0.4 is 15.1 Å². The molecule has 4 heterocycles. The zero-order valence-corrected chi connectivity index (χ0v) is 28.2. The van der Waals surface area contributed by atoms with Crippen LogP contribution >= 0.6 is 0 Å². The van der Waals surface area contributed by atoms with E-state index in [1.807, 2.05) is 52.0 Å². The van der Waals surface area contributed by atoms with Gasteiger partial charge in [0.15, 0.2) is 12.6 Å². The van der Waals surface area contributed by atoms with Crippen LogP contribution in [0.3, 0.4) is 0 Å². The number of aryl methyl sites for hydroxylation is 2. The second-order valence-corrected chi connectivity index (χ2v) is 14.4. The number of hydrogen-bond acceptors (Lipinski definition) is 8. The fourth-order valence-electron chi connectivity index (χ4n) is 6.58. The van der Waals surface area contributed by atoms with E-state index in [0.29, 0.717) is 5.41 Å². The van der Waals surface area contributed by atoms with Gasteiger partial charge in [-0.2, -0.15) is 13.2 Å². The molecule has 10 nitrogen and oxygen atoms in total. The molecule has 48 heavy (non-hydrogen) atoms. The number of benzene rings is 2. The van der Waals surface area contributed by atoms with Gasteiger partial charge in [0.05, 0.1) is 0 Å². The van der Waals surface area contributed by atoms with Gasteiger partial charge in [-0.05, 0) is 82.9 Å². The number of hydrogen-bond donors (Lipinski definition) is 2. The summed E-state index contributed by atoms with van der Waals surface area (Å²) in [6, 6.07) is 12.0. The number of likely N-dealkylation sites (tertiary alicyclic amines) is 1. The van der Waals surface area contributed by atoms with E-state index in [0.717, 1.165) is 99.4 Å². The van der Waals surface area contributed by atoms with Crippen LogP contribution in [0.5, 0.6) is 0 Å². The summed E-state index contributed by atoms with van der Waals surface area (Å²) in [6.07, 6.45) is -1.13. The molecule has 6 rings (SSSR count). The fourth-order valence-corrected chi connectivity index (χ4v) is 6.58. The maximum atomic E-state index is 12.1. The average molecular weight is 675 g/mol. The molecule has 0 unspecified atom stereocenters. The molecule has 4 saturated heterocycles. The van der Waals surface area contributed by atoms with Crippen molar-refractivity contribution in [2.24, 2.45) is 10.8 Å². The van der Waals surface area contributed by atoms with Gasteiger partial charge in [-0.15, -0.1) is 0 Å². The van der Waals surface area contributed by atoms with Crippen LogP contribution in [0.25, 0.3) is 0 Å². The lowest BCUT2D eigenvalue weighted by Gasteiger charge is -2.47. The van der Waals surface area contributed by atoms with Crippen LogP contribution in [0.15, 0.2) is 36.4 Å². The summed E-state index contributed by atoms with van der Waals surface area (Å²) in [7, 11) is 0. The van der Waals surface area contributed by atoms with Gasteiger partial charge in [-0.3, -0.25) is 9.59 Å². The van der Waals surface area contributed by atoms with E-state index < -0.39 is 17.7 Å². The smallest absolute Gasteiger partial charge is 0.475 e. The molecular formula is C35H45F3N4O6. The number of carbonyl (C=O) groups excluding carboxylic acids is 3. The SMILES string of the molecule is Cc1ccc(C=O)c(N2CCC3(CN(C(=O)OC(C)(C)C)C3)C2)c1.Cc1ccc(C=O)c(N2CCC3(CNC3)C2)c1.O=C(O)C(F)(F)F. The van der Waals surface area contributed by atoms with E-state index in [9.17, 15) is 27.6 Å². The molecule has 0 aliphatic carbocycles. The number of ether oxygens (including phenoxy) is 1. The number of aliphatic carboxylic acids is 1. The van der Waals surface area contributed by atoms with Crippen molar-refractivity contribution in [3.8, 4) is 0 Å². The van der Waals surface area contributed by atoms with Gasteiger partial charge in [0.25, 0.3) is 0 Å². The molecule has 2 aromatic carbocycles. The Labute approximate surface area is 279 Å². The van der Waals surface area contributed by atoms with Crippen molar-refractivity contribution >= 4 is 36.0 Å². The van der Waals surface area contributed by atoms with Crippen molar-refractivity contribution < 1.29 is 42.2 Å². The standard InChI is InChI=1S/C19H26N2O3.C14H18N2O.C2HF3O2/c1-14-5-6-15(10-22)16(9-14)20-8-7-19(11-20)12-21(13-19)17(23)24-18(2,3)4;1-11-2-3-12(7-17)13(6-11)16-5-4-14(10-16)8-15-9-14;3-2(4,5)1(6)7/h5-6,9-10H,7-8,11-13H2,1-4H3;2-3,6-7,15H,4-5,8-10H2,1H3;(H,6,7). The topological polar surface area (TPSA) is 119 Å². The highest BCUT2D eigenvalue weighted by Crippen LogP contribution is 2.42. The third-order valence-corrected chi connectivity index (χ3v) is 9.13. The number of rotatable bonds is 4. The van der Waals surface area contributed by atoms with Crippen molar-refractivity contribution in [3.63, 3.8) is 0 Å². The van der Waals surface area contributed by atoms with E-state index >= 15 is 0 Å². The van der Waals surface area contributed by atoms with Crippen molar-refractivity contribution in [2.75, 3.05) is 62.2 Å². The molecule has 2 spiro atoms. The predicted octanol–water partition coefficient (Wildman–Crippen LogP) is 5.50. The van der Waals surface area contributed by atoms with Crippen LogP contribution in [0.1, 0.15) is 65.5 Å². The van der Waals surface area contributed by atoms with E-state index in [1.54, 1.807) is 4.90 Å². The Hall–Kier alpha value is -4.13. The number of carboxylic acid groups (broad SMARTS) is 1.